The molecule has 0 aliphatic carbocycles. The quantitative estimate of drug-likeness (QED) is 0.490. The summed E-state index contributed by atoms with van der Waals surface area (Å²) in [7, 11) is 0. The van der Waals surface area contributed by atoms with E-state index in [9.17, 15) is 0 Å². The van der Waals surface area contributed by atoms with Crippen LogP contribution in [0.15, 0.2) is 30.6 Å². The minimum atomic E-state index is 0. The fourth-order valence-electron chi connectivity index (χ4n) is 1.83. The van der Waals surface area contributed by atoms with Gasteiger partial charge in [0, 0.05) is 18.6 Å². The highest BCUT2D eigenvalue weighted by atomic mass is 79.9. The van der Waals surface area contributed by atoms with Crippen molar-refractivity contribution in [1.29, 1.82) is 0 Å². The van der Waals surface area contributed by atoms with E-state index in [1.165, 1.54) is 51.5 Å². The molecule has 0 aromatic carbocycles. The molecule has 0 aliphatic rings. The zero-order valence-electron chi connectivity index (χ0n) is 10.4. The molecule has 0 unspecified atom stereocenters. The Bertz CT molecular complexity index is 236. The van der Waals surface area contributed by atoms with E-state index in [0.717, 1.165) is 0 Å². The van der Waals surface area contributed by atoms with Crippen molar-refractivity contribution in [3.8, 4) is 0 Å². The normalized spacial score (nSPS) is 9.81. The number of nitrogens with zero attached hydrogens (tertiary/aromatic N) is 1. The summed E-state index contributed by atoms with van der Waals surface area (Å²) in [6.07, 6.45) is 14.0. The van der Waals surface area contributed by atoms with Crippen molar-refractivity contribution in [1.82, 2.24) is 0 Å². The van der Waals surface area contributed by atoms with Crippen molar-refractivity contribution in [2.75, 3.05) is 0 Å². The Balaban J connectivity index is 0.00000225. The van der Waals surface area contributed by atoms with E-state index in [-0.39, 0.29) is 17.0 Å². The van der Waals surface area contributed by atoms with Gasteiger partial charge in [0.05, 0.1) is 0 Å². The van der Waals surface area contributed by atoms with E-state index in [2.05, 4.69) is 42.1 Å². The third kappa shape index (κ3) is 7.86. The molecule has 0 saturated carbocycles. The summed E-state index contributed by atoms with van der Waals surface area (Å²) in [6.45, 7) is 3.45. The van der Waals surface area contributed by atoms with Gasteiger partial charge in [-0.3, -0.25) is 0 Å². The van der Waals surface area contributed by atoms with Crippen LogP contribution in [0.1, 0.15) is 51.9 Å². The van der Waals surface area contributed by atoms with E-state index in [0.29, 0.717) is 0 Å². The molecule has 0 atom stereocenters. The summed E-state index contributed by atoms with van der Waals surface area (Å²) >= 11 is 0. The van der Waals surface area contributed by atoms with Crippen molar-refractivity contribution in [2.24, 2.45) is 0 Å². The number of rotatable bonds is 8. The molecule has 92 valence electrons. The van der Waals surface area contributed by atoms with Crippen molar-refractivity contribution < 1.29 is 21.5 Å². The van der Waals surface area contributed by atoms with Gasteiger partial charge in [0.1, 0.15) is 6.54 Å². The zero-order valence-corrected chi connectivity index (χ0v) is 12.0. The van der Waals surface area contributed by atoms with Gasteiger partial charge >= 0.3 is 0 Å². The summed E-state index contributed by atoms with van der Waals surface area (Å²) in [4.78, 5) is 0. The van der Waals surface area contributed by atoms with E-state index in [4.69, 9.17) is 0 Å². The summed E-state index contributed by atoms with van der Waals surface area (Å²) in [5.41, 5.74) is 0. The van der Waals surface area contributed by atoms with Crippen LogP contribution in [0, 0.1) is 0 Å². The fourth-order valence-corrected chi connectivity index (χ4v) is 1.83. The largest absolute Gasteiger partial charge is 1.00 e. The van der Waals surface area contributed by atoms with Gasteiger partial charge < -0.3 is 17.0 Å². The zero-order chi connectivity index (χ0) is 10.8. The fraction of sp³-hybridized carbons (Fsp3) is 0.643. The minimum Gasteiger partial charge on any atom is -1.00 e. The number of aromatic nitrogens is 1. The number of aryl methyl sites for hydroxylation is 1. The Morgan fingerprint density at radius 1 is 0.750 bits per heavy atom. The van der Waals surface area contributed by atoms with Crippen LogP contribution in [0.2, 0.25) is 0 Å². The van der Waals surface area contributed by atoms with Crippen LogP contribution in [0.5, 0.6) is 0 Å². The minimum absolute atomic E-state index is 0. The summed E-state index contributed by atoms with van der Waals surface area (Å²) in [5, 5.41) is 0. The van der Waals surface area contributed by atoms with Crippen LogP contribution >= 0.6 is 0 Å². The lowest BCUT2D eigenvalue weighted by Gasteiger charge is -1.99. The van der Waals surface area contributed by atoms with E-state index in [1.807, 2.05) is 0 Å². The number of halogens is 1. The molecule has 0 N–H and O–H groups in total. The van der Waals surface area contributed by atoms with Gasteiger partial charge in [0.25, 0.3) is 0 Å². The maximum atomic E-state index is 2.27. The van der Waals surface area contributed by atoms with Crippen molar-refractivity contribution in [2.45, 2.75) is 58.4 Å². The van der Waals surface area contributed by atoms with Gasteiger partial charge in [-0.25, -0.2) is 4.57 Å². The number of hydrogen-bond acceptors (Lipinski definition) is 0. The molecule has 2 heteroatoms. The standard InChI is InChI=1S/C14H24N.BrH/c1-2-3-4-5-6-7-9-12-15-13-10-8-11-14-15;/h8,10-11,13-14H,2-7,9,12H2,1H3;1H/q+1;/p-1. The molecule has 0 radical (unpaired) electrons. The van der Waals surface area contributed by atoms with Crippen molar-refractivity contribution >= 4 is 0 Å². The molecule has 1 rings (SSSR count). The molecule has 0 fully saturated rings. The second kappa shape index (κ2) is 11.1. The van der Waals surface area contributed by atoms with Gasteiger partial charge in [0.15, 0.2) is 12.4 Å². The summed E-state index contributed by atoms with van der Waals surface area (Å²) in [6, 6.07) is 6.27. The first kappa shape index (κ1) is 15.6. The number of pyridine rings is 1. The SMILES string of the molecule is CCCCCCCCC[n+]1ccccc1.[Br-]. The highest BCUT2D eigenvalue weighted by molar-refractivity contribution is 4.83. The molecule has 1 aromatic rings. The van der Waals surface area contributed by atoms with Gasteiger partial charge in [-0.2, -0.15) is 0 Å². The molecule has 0 bridgehead atoms. The highest BCUT2D eigenvalue weighted by Gasteiger charge is 1.97. The third-order valence-corrected chi connectivity index (χ3v) is 2.80. The molecule has 1 aromatic heterocycles. The molecular weight excluding hydrogens is 262 g/mol. The Morgan fingerprint density at radius 2 is 1.31 bits per heavy atom. The Kier molecular flexibility index (Phi) is 10.9. The topological polar surface area (TPSA) is 3.88 Å². The van der Waals surface area contributed by atoms with E-state index < -0.39 is 0 Å². The van der Waals surface area contributed by atoms with E-state index >= 15 is 0 Å². The molecule has 0 amide bonds. The first-order chi connectivity index (χ1) is 7.43. The second-order valence-corrected chi connectivity index (χ2v) is 4.23. The molecule has 1 nitrogen and oxygen atoms in total. The van der Waals surface area contributed by atoms with Crippen LogP contribution in [-0.4, -0.2) is 0 Å². The molecule has 0 saturated heterocycles. The lowest BCUT2D eigenvalue weighted by molar-refractivity contribution is -0.697. The first-order valence-corrected chi connectivity index (χ1v) is 6.37. The monoisotopic (exact) mass is 285 g/mol. The van der Waals surface area contributed by atoms with Crippen LogP contribution in [0.25, 0.3) is 0 Å². The maximum absolute atomic E-state index is 2.27. The van der Waals surface area contributed by atoms with Gasteiger partial charge in [-0.1, -0.05) is 45.1 Å². The van der Waals surface area contributed by atoms with Crippen molar-refractivity contribution in [3.63, 3.8) is 0 Å². The van der Waals surface area contributed by atoms with Crippen LogP contribution in [-0.2, 0) is 6.54 Å². The molecular formula is C14H24BrN. The van der Waals surface area contributed by atoms with Crippen LogP contribution in [0.4, 0.5) is 0 Å². The lowest BCUT2D eigenvalue weighted by Crippen LogP contribution is -3.00. The molecule has 0 aliphatic heterocycles. The smallest absolute Gasteiger partial charge is 0.168 e. The van der Waals surface area contributed by atoms with Gasteiger partial charge in [-0.15, -0.1) is 0 Å². The van der Waals surface area contributed by atoms with Gasteiger partial charge in [0.2, 0.25) is 0 Å². The number of hydrogen-bond donors (Lipinski definition) is 0. The third-order valence-electron chi connectivity index (χ3n) is 2.80. The highest BCUT2D eigenvalue weighted by Crippen LogP contribution is 2.06. The maximum Gasteiger partial charge on any atom is 0.168 e. The van der Waals surface area contributed by atoms with Crippen LogP contribution in [0.3, 0.4) is 0 Å². The predicted octanol–water partition coefficient (Wildman–Crippen LogP) is 0.729. The Hall–Kier alpha value is -0.370. The molecule has 0 spiro atoms. The summed E-state index contributed by atoms with van der Waals surface area (Å²) < 4.78 is 2.27. The predicted molar refractivity (Wildman–Crippen MR) is 64.6 cm³/mol. The van der Waals surface area contributed by atoms with Crippen molar-refractivity contribution in [3.05, 3.63) is 30.6 Å². The van der Waals surface area contributed by atoms with Crippen LogP contribution < -0.4 is 21.5 Å². The molecule has 16 heavy (non-hydrogen) atoms. The second-order valence-electron chi connectivity index (χ2n) is 4.23. The number of unbranched alkanes of at least 4 members (excludes halogenated alkanes) is 6. The van der Waals surface area contributed by atoms with Gasteiger partial charge in [-0.05, 0) is 6.42 Å². The summed E-state index contributed by atoms with van der Waals surface area (Å²) in [5.74, 6) is 0. The lowest BCUT2D eigenvalue weighted by atomic mass is 10.1. The van der Waals surface area contributed by atoms with E-state index in [1.54, 1.807) is 0 Å². The average molecular weight is 286 g/mol. The molecule has 1 heterocycles. The Labute approximate surface area is 111 Å². The first-order valence-electron chi connectivity index (χ1n) is 6.37. The average Bonchev–Trinajstić information content (AvgIpc) is 2.29. The Morgan fingerprint density at radius 3 is 1.94 bits per heavy atom.